The molecule has 20 heavy (non-hydrogen) atoms. The molecule has 0 amide bonds. The summed E-state index contributed by atoms with van der Waals surface area (Å²) in [6, 6.07) is 17.4. The van der Waals surface area contributed by atoms with Gasteiger partial charge >= 0.3 is 0 Å². The minimum Gasteiger partial charge on any atom is -0.297 e. The van der Waals surface area contributed by atoms with E-state index in [4.69, 9.17) is 0 Å². The molecule has 96 valence electrons. The van der Waals surface area contributed by atoms with Crippen molar-refractivity contribution in [2.24, 2.45) is 0 Å². The number of imidazole rings is 1. The Morgan fingerprint density at radius 3 is 1.60 bits per heavy atom. The van der Waals surface area contributed by atoms with Crippen LogP contribution in [-0.2, 0) is 0 Å². The van der Waals surface area contributed by atoms with Crippen molar-refractivity contribution in [3.8, 4) is 0 Å². The molecule has 0 radical (unpaired) electrons. The number of fused-ring (bicyclic) bond motifs is 6. The lowest BCUT2D eigenvalue weighted by molar-refractivity contribution is 1.13. The first-order chi connectivity index (χ1) is 9.79. The fourth-order valence-corrected chi connectivity index (χ4v) is 3.70. The first-order valence-electron chi connectivity index (χ1n) is 7.00. The molecule has 0 aliphatic rings. The molecular formula is C18H14N2. The van der Waals surface area contributed by atoms with Gasteiger partial charge in [0.25, 0.3) is 0 Å². The van der Waals surface area contributed by atoms with Gasteiger partial charge in [0.05, 0.1) is 11.0 Å². The fourth-order valence-electron chi connectivity index (χ4n) is 3.70. The normalized spacial score (nSPS) is 12.5. The van der Waals surface area contributed by atoms with Crippen LogP contribution < -0.4 is 0 Å². The average molecular weight is 258 g/mol. The Bertz CT molecular complexity index is 1020. The molecule has 0 bridgehead atoms. The molecule has 3 aromatic heterocycles. The van der Waals surface area contributed by atoms with E-state index in [0.29, 0.717) is 0 Å². The fraction of sp³-hybridized carbons (Fsp3) is 0.111. The molecular weight excluding hydrogens is 244 g/mol. The summed E-state index contributed by atoms with van der Waals surface area (Å²) in [6.07, 6.45) is 0. The van der Waals surface area contributed by atoms with Gasteiger partial charge in [-0.15, -0.1) is 0 Å². The Hall–Kier alpha value is -2.48. The highest BCUT2D eigenvalue weighted by Crippen LogP contribution is 2.39. The second-order valence-corrected chi connectivity index (χ2v) is 5.57. The first kappa shape index (κ1) is 10.3. The molecule has 0 fully saturated rings. The lowest BCUT2D eigenvalue weighted by atomic mass is 10.1. The van der Waals surface area contributed by atoms with Gasteiger partial charge in [-0.1, -0.05) is 36.4 Å². The second-order valence-electron chi connectivity index (χ2n) is 5.57. The van der Waals surface area contributed by atoms with Crippen molar-refractivity contribution < 1.29 is 0 Å². The van der Waals surface area contributed by atoms with Crippen molar-refractivity contribution in [3.63, 3.8) is 0 Å². The predicted octanol–water partition coefficient (Wildman–Crippen LogP) is 4.55. The average Bonchev–Trinajstić information content (AvgIpc) is 3.06. The van der Waals surface area contributed by atoms with E-state index in [-0.39, 0.29) is 0 Å². The number of aryl methyl sites for hydroxylation is 2. The standard InChI is InChI=1S/C18H14N2/c1-11-12(2)20-16-10-6-4-8-14(16)17-13-7-3-5-9-15(13)19(11)18(17)20/h3-10H,1-2H3. The van der Waals surface area contributed by atoms with Crippen molar-refractivity contribution in [2.45, 2.75) is 13.8 Å². The van der Waals surface area contributed by atoms with Crippen molar-refractivity contribution in [1.82, 2.24) is 8.80 Å². The molecule has 3 heterocycles. The van der Waals surface area contributed by atoms with E-state index >= 15 is 0 Å². The molecule has 0 spiro atoms. The number of aromatic nitrogens is 2. The zero-order valence-corrected chi connectivity index (χ0v) is 11.5. The molecule has 5 aromatic rings. The first-order valence-corrected chi connectivity index (χ1v) is 7.00. The second kappa shape index (κ2) is 3.15. The largest absolute Gasteiger partial charge is 0.297 e. The minimum absolute atomic E-state index is 1.31. The van der Waals surface area contributed by atoms with Crippen LogP contribution in [0.1, 0.15) is 11.4 Å². The Kier molecular flexibility index (Phi) is 1.63. The van der Waals surface area contributed by atoms with E-state index in [1.165, 1.54) is 44.2 Å². The van der Waals surface area contributed by atoms with Crippen LogP contribution in [0.25, 0.3) is 32.8 Å². The molecule has 0 aliphatic carbocycles. The highest BCUT2D eigenvalue weighted by atomic mass is 15.1. The van der Waals surface area contributed by atoms with Gasteiger partial charge < -0.3 is 0 Å². The zero-order valence-electron chi connectivity index (χ0n) is 11.5. The molecule has 0 saturated heterocycles. The van der Waals surface area contributed by atoms with Crippen molar-refractivity contribution in [3.05, 3.63) is 59.9 Å². The topological polar surface area (TPSA) is 8.82 Å². The SMILES string of the molecule is Cc1c(C)n2c3ccccc3c3c4ccccc4n1c32. The maximum atomic E-state index is 2.40. The van der Waals surface area contributed by atoms with E-state index in [1.54, 1.807) is 0 Å². The van der Waals surface area contributed by atoms with Crippen LogP contribution in [-0.4, -0.2) is 8.80 Å². The molecule has 0 N–H and O–H groups in total. The minimum atomic E-state index is 1.31. The van der Waals surface area contributed by atoms with Gasteiger partial charge in [-0.2, -0.15) is 0 Å². The maximum Gasteiger partial charge on any atom is 0.131 e. The third-order valence-corrected chi connectivity index (χ3v) is 4.67. The van der Waals surface area contributed by atoms with Crippen LogP contribution in [0.15, 0.2) is 48.5 Å². The van der Waals surface area contributed by atoms with E-state index in [2.05, 4.69) is 71.2 Å². The van der Waals surface area contributed by atoms with E-state index in [0.717, 1.165) is 0 Å². The smallest absolute Gasteiger partial charge is 0.131 e. The van der Waals surface area contributed by atoms with E-state index in [1.807, 2.05) is 0 Å². The number of nitrogens with zero attached hydrogens (tertiary/aromatic N) is 2. The van der Waals surface area contributed by atoms with Crippen molar-refractivity contribution >= 4 is 32.8 Å². The monoisotopic (exact) mass is 258 g/mol. The third kappa shape index (κ3) is 0.924. The Morgan fingerprint density at radius 2 is 1.10 bits per heavy atom. The Labute approximate surface area is 116 Å². The summed E-state index contributed by atoms with van der Waals surface area (Å²) in [6.45, 7) is 4.42. The molecule has 2 nitrogen and oxygen atoms in total. The van der Waals surface area contributed by atoms with Gasteiger partial charge in [-0.25, -0.2) is 0 Å². The van der Waals surface area contributed by atoms with Crippen LogP contribution in [0, 0.1) is 13.8 Å². The van der Waals surface area contributed by atoms with Crippen LogP contribution >= 0.6 is 0 Å². The zero-order chi connectivity index (χ0) is 13.4. The number of hydrogen-bond donors (Lipinski definition) is 0. The molecule has 5 rings (SSSR count). The summed E-state index contributed by atoms with van der Waals surface area (Å²) in [5.41, 5.74) is 6.61. The molecule has 0 atom stereocenters. The number of rotatable bonds is 0. The van der Waals surface area contributed by atoms with E-state index < -0.39 is 0 Å². The number of hydrogen-bond acceptors (Lipinski definition) is 0. The molecule has 0 saturated carbocycles. The van der Waals surface area contributed by atoms with Crippen LogP contribution in [0.3, 0.4) is 0 Å². The summed E-state index contributed by atoms with van der Waals surface area (Å²) in [7, 11) is 0. The molecule has 0 unspecified atom stereocenters. The highest BCUT2D eigenvalue weighted by Gasteiger charge is 2.21. The molecule has 2 heteroatoms. The quantitative estimate of drug-likeness (QED) is 0.385. The maximum absolute atomic E-state index is 2.40. The Morgan fingerprint density at radius 1 is 0.650 bits per heavy atom. The summed E-state index contributed by atoms with van der Waals surface area (Å²) in [4.78, 5) is 0. The summed E-state index contributed by atoms with van der Waals surface area (Å²) in [5, 5.41) is 4.08. The number of para-hydroxylation sites is 2. The summed E-state index contributed by atoms with van der Waals surface area (Å²) in [5.74, 6) is 0. The molecule has 0 aliphatic heterocycles. The van der Waals surface area contributed by atoms with Crippen LogP contribution in [0.2, 0.25) is 0 Å². The summed E-state index contributed by atoms with van der Waals surface area (Å²) < 4.78 is 4.81. The molecule has 2 aromatic carbocycles. The highest BCUT2D eigenvalue weighted by molar-refractivity contribution is 6.21. The van der Waals surface area contributed by atoms with Gasteiger partial charge in [-0.05, 0) is 26.0 Å². The number of benzene rings is 2. The van der Waals surface area contributed by atoms with E-state index in [9.17, 15) is 0 Å². The lowest BCUT2D eigenvalue weighted by Gasteiger charge is -1.95. The van der Waals surface area contributed by atoms with Crippen LogP contribution in [0.4, 0.5) is 0 Å². The predicted molar refractivity (Wildman–Crippen MR) is 84.0 cm³/mol. The van der Waals surface area contributed by atoms with Gasteiger partial charge in [0.15, 0.2) is 0 Å². The third-order valence-electron chi connectivity index (χ3n) is 4.67. The van der Waals surface area contributed by atoms with Crippen molar-refractivity contribution in [2.75, 3.05) is 0 Å². The van der Waals surface area contributed by atoms with Gasteiger partial charge in [-0.3, -0.25) is 8.80 Å². The van der Waals surface area contributed by atoms with Crippen molar-refractivity contribution in [1.29, 1.82) is 0 Å². The summed E-state index contributed by atoms with van der Waals surface area (Å²) >= 11 is 0. The van der Waals surface area contributed by atoms with Gasteiger partial charge in [0, 0.05) is 27.5 Å². The Balaban J connectivity index is 2.33. The van der Waals surface area contributed by atoms with Gasteiger partial charge in [0.2, 0.25) is 0 Å². The van der Waals surface area contributed by atoms with Gasteiger partial charge in [0.1, 0.15) is 5.65 Å². The lowest BCUT2D eigenvalue weighted by Crippen LogP contribution is -1.85. The van der Waals surface area contributed by atoms with Crippen LogP contribution in [0.5, 0.6) is 0 Å².